The Labute approximate surface area is 87.2 Å². The SMILES string of the molecule is Cn1cncc1-c1csc(CCN)c1. The highest BCUT2D eigenvalue weighted by atomic mass is 32.1. The summed E-state index contributed by atoms with van der Waals surface area (Å²) in [6.07, 6.45) is 4.66. The van der Waals surface area contributed by atoms with Crippen LogP contribution in [-0.4, -0.2) is 16.1 Å². The Morgan fingerprint density at radius 2 is 2.43 bits per heavy atom. The zero-order chi connectivity index (χ0) is 9.97. The number of nitrogens with zero attached hydrogens (tertiary/aromatic N) is 2. The molecule has 0 fully saturated rings. The van der Waals surface area contributed by atoms with E-state index in [2.05, 4.69) is 16.4 Å². The van der Waals surface area contributed by atoms with E-state index in [1.54, 1.807) is 11.3 Å². The molecule has 2 aromatic rings. The normalized spacial score (nSPS) is 10.7. The van der Waals surface area contributed by atoms with E-state index in [4.69, 9.17) is 5.73 Å². The third-order valence-corrected chi connectivity index (χ3v) is 3.15. The highest BCUT2D eigenvalue weighted by molar-refractivity contribution is 7.10. The first-order valence-electron chi connectivity index (χ1n) is 4.55. The first-order valence-corrected chi connectivity index (χ1v) is 5.43. The van der Waals surface area contributed by atoms with Gasteiger partial charge in [-0.05, 0) is 19.0 Å². The third kappa shape index (κ3) is 1.71. The molecule has 14 heavy (non-hydrogen) atoms. The lowest BCUT2D eigenvalue weighted by Crippen LogP contribution is -2.00. The van der Waals surface area contributed by atoms with Gasteiger partial charge in [0.1, 0.15) is 0 Å². The van der Waals surface area contributed by atoms with Crippen molar-refractivity contribution >= 4 is 11.3 Å². The summed E-state index contributed by atoms with van der Waals surface area (Å²) in [6, 6.07) is 2.19. The number of thiophene rings is 1. The molecule has 0 aliphatic carbocycles. The Hall–Kier alpha value is -1.13. The maximum atomic E-state index is 5.51. The number of hydrogen-bond acceptors (Lipinski definition) is 3. The van der Waals surface area contributed by atoms with E-state index in [9.17, 15) is 0 Å². The highest BCUT2D eigenvalue weighted by Crippen LogP contribution is 2.24. The van der Waals surface area contributed by atoms with Crippen molar-refractivity contribution in [1.29, 1.82) is 0 Å². The van der Waals surface area contributed by atoms with E-state index in [1.165, 1.54) is 10.4 Å². The molecule has 74 valence electrons. The topological polar surface area (TPSA) is 43.8 Å². The first-order chi connectivity index (χ1) is 6.81. The molecule has 4 heteroatoms. The van der Waals surface area contributed by atoms with Crippen LogP contribution in [0.3, 0.4) is 0 Å². The van der Waals surface area contributed by atoms with Gasteiger partial charge in [0, 0.05) is 22.9 Å². The van der Waals surface area contributed by atoms with Crippen molar-refractivity contribution in [2.24, 2.45) is 12.8 Å². The van der Waals surface area contributed by atoms with Crippen LogP contribution in [0.1, 0.15) is 4.88 Å². The molecule has 0 atom stereocenters. The van der Waals surface area contributed by atoms with Crippen LogP contribution in [0.2, 0.25) is 0 Å². The second kappa shape index (κ2) is 3.94. The molecule has 0 aliphatic rings. The van der Waals surface area contributed by atoms with E-state index in [0.717, 1.165) is 12.1 Å². The summed E-state index contributed by atoms with van der Waals surface area (Å²) in [5.41, 5.74) is 7.90. The summed E-state index contributed by atoms with van der Waals surface area (Å²) in [4.78, 5) is 5.43. The van der Waals surface area contributed by atoms with Crippen LogP contribution in [0.25, 0.3) is 11.3 Å². The molecule has 0 spiro atoms. The molecule has 2 heterocycles. The number of nitrogens with two attached hydrogens (primary N) is 1. The van der Waals surface area contributed by atoms with Crippen LogP contribution in [0.15, 0.2) is 24.0 Å². The van der Waals surface area contributed by atoms with Crippen LogP contribution >= 0.6 is 11.3 Å². The summed E-state index contributed by atoms with van der Waals surface area (Å²) < 4.78 is 2.02. The molecule has 2 N–H and O–H groups in total. The van der Waals surface area contributed by atoms with Gasteiger partial charge in [-0.1, -0.05) is 0 Å². The minimum atomic E-state index is 0.714. The average molecular weight is 207 g/mol. The van der Waals surface area contributed by atoms with Gasteiger partial charge in [-0.2, -0.15) is 0 Å². The number of imidazole rings is 1. The van der Waals surface area contributed by atoms with Crippen molar-refractivity contribution in [2.45, 2.75) is 6.42 Å². The van der Waals surface area contributed by atoms with Gasteiger partial charge in [0.05, 0.1) is 18.2 Å². The molecular formula is C10H13N3S. The van der Waals surface area contributed by atoms with Crippen molar-refractivity contribution in [2.75, 3.05) is 6.54 Å². The smallest absolute Gasteiger partial charge is 0.0948 e. The van der Waals surface area contributed by atoms with Gasteiger partial charge < -0.3 is 10.3 Å². The maximum absolute atomic E-state index is 5.51. The van der Waals surface area contributed by atoms with Crippen molar-refractivity contribution < 1.29 is 0 Å². The van der Waals surface area contributed by atoms with E-state index in [1.807, 2.05) is 24.1 Å². The lowest BCUT2D eigenvalue weighted by atomic mass is 10.2. The van der Waals surface area contributed by atoms with Gasteiger partial charge in [0.15, 0.2) is 0 Å². The van der Waals surface area contributed by atoms with E-state index < -0.39 is 0 Å². The Kier molecular flexibility index (Phi) is 2.65. The molecule has 0 bridgehead atoms. The summed E-state index contributed by atoms with van der Waals surface area (Å²) in [5, 5.41) is 2.15. The Bertz CT molecular complexity index is 416. The van der Waals surface area contributed by atoms with Crippen LogP contribution in [0, 0.1) is 0 Å². The Balaban J connectivity index is 2.29. The molecular weight excluding hydrogens is 194 g/mol. The lowest BCUT2D eigenvalue weighted by molar-refractivity contribution is 0.921. The zero-order valence-electron chi connectivity index (χ0n) is 8.10. The molecule has 0 unspecified atom stereocenters. The Morgan fingerprint density at radius 1 is 1.57 bits per heavy atom. The molecule has 0 saturated carbocycles. The van der Waals surface area contributed by atoms with E-state index in [-0.39, 0.29) is 0 Å². The first kappa shape index (κ1) is 9.43. The van der Waals surface area contributed by atoms with Gasteiger partial charge in [-0.25, -0.2) is 4.98 Å². The van der Waals surface area contributed by atoms with Gasteiger partial charge in [-0.3, -0.25) is 0 Å². The van der Waals surface area contributed by atoms with Gasteiger partial charge >= 0.3 is 0 Å². The molecule has 0 radical (unpaired) electrons. The molecule has 0 saturated heterocycles. The molecule has 0 aliphatic heterocycles. The molecule has 2 aromatic heterocycles. The predicted molar refractivity (Wildman–Crippen MR) is 59.3 cm³/mol. The second-order valence-electron chi connectivity index (χ2n) is 3.23. The largest absolute Gasteiger partial charge is 0.334 e. The van der Waals surface area contributed by atoms with E-state index >= 15 is 0 Å². The molecule has 3 nitrogen and oxygen atoms in total. The van der Waals surface area contributed by atoms with Crippen molar-refractivity contribution in [3.05, 3.63) is 28.8 Å². The van der Waals surface area contributed by atoms with Crippen molar-refractivity contribution in [3.63, 3.8) is 0 Å². The van der Waals surface area contributed by atoms with Crippen LogP contribution in [0.4, 0.5) is 0 Å². The summed E-state index contributed by atoms with van der Waals surface area (Å²) in [7, 11) is 2.00. The minimum Gasteiger partial charge on any atom is -0.334 e. The molecule has 0 amide bonds. The number of hydrogen-bond donors (Lipinski definition) is 1. The average Bonchev–Trinajstić information content (AvgIpc) is 2.74. The summed E-state index contributed by atoms with van der Waals surface area (Å²) >= 11 is 1.76. The van der Waals surface area contributed by atoms with Crippen LogP contribution < -0.4 is 5.73 Å². The monoisotopic (exact) mass is 207 g/mol. The fourth-order valence-electron chi connectivity index (χ4n) is 1.42. The van der Waals surface area contributed by atoms with E-state index in [0.29, 0.717) is 6.54 Å². The number of aromatic nitrogens is 2. The quantitative estimate of drug-likeness (QED) is 0.831. The number of rotatable bonds is 3. The van der Waals surface area contributed by atoms with Crippen LogP contribution in [-0.2, 0) is 13.5 Å². The highest BCUT2D eigenvalue weighted by Gasteiger charge is 2.04. The third-order valence-electron chi connectivity index (χ3n) is 2.16. The van der Waals surface area contributed by atoms with Crippen molar-refractivity contribution in [3.8, 4) is 11.3 Å². The Morgan fingerprint density at radius 3 is 3.07 bits per heavy atom. The predicted octanol–water partition coefficient (Wildman–Crippen LogP) is 1.65. The van der Waals surface area contributed by atoms with Gasteiger partial charge in [-0.15, -0.1) is 11.3 Å². The number of aryl methyl sites for hydroxylation is 1. The zero-order valence-corrected chi connectivity index (χ0v) is 8.92. The van der Waals surface area contributed by atoms with Crippen molar-refractivity contribution in [1.82, 2.24) is 9.55 Å². The maximum Gasteiger partial charge on any atom is 0.0948 e. The summed E-state index contributed by atoms with van der Waals surface area (Å²) in [6.45, 7) is 0.714. The van der Waals surface area contributed by atoms with Crippen LogP contribution in [0.5, 0.6) is 0 Å². The standard InChI is InChI=1S/C10H13N3S/c1-13-7-12-5-10(13)8-4-9(2-3-11)14-6-8/h4-7H,2-3,11H2,1H3. The minimum absolute atomic E-state index is 0.714. The summed E-state index contributed by atoms with van der Waals surface area (Å²) in [5.74, 6) is 0. The fourth-order valence-corrected chi connectivity index (χ4v) is 2.32. The molecule has 2 rings (SSSR count). The van der Waals surface area contributed by atoms with Gasteiger partial charge in [0.25, 0.3) is 0 Å². The van der Waals surface area contributed by atoms with Gasteiger partial charge in [0.2, 0.25) is 0 Å². The second-order valence-corrected chi connectivity index (χ2v) is 4.23. The molecule has 0 aromatic carbocycles. The fraction of sp³-hybridized carbons (Fsp3) is 0.300. The lowest BCUT2D eigenvalue weighted by Gasteiger charge is -1.96.